The average molecular weight is 302 g/mol. The van der Waals surface area contributed by atoms with Gasteiger partial charge in [0.1, 0.15) is 5.60 Å². The molecule has 0 N–H and O–H groups in total. The van der Waals surface area contributed by atoms with Gasteiger partial charge in [-0.15, -0.1) is 0 Å². The summed E-state index contributed by atoms with van der Waals surface area (Å²) < 4.78 is 5.91. The van der Waals surface area contributed by atoms with Gasteiger partial charge in [0, 0.05) is 5.56 Å². The Kier molecular flexibility index (Phi) is 6.48. The van der Waals surface area contributed by atoms with Gasteiger partial charge in [-0.1, -0.05) is 70.6 Å². The maximum atomic E-state index is 12.2. The summed E-state index contributed by atoms with van der Waals surface area (Å²) in [5.74, 6) is -0.127. The lowest BCUT2D eigenvalue weighted by Crippen LogP contribution is -2.26. The van der Waals surface area contributed by atoms with Crippen LogP contribution >= 0.6 is 0 Å². The molecule has 0 amide bonds. The van der Waals surface area contributed by atoms with Crippen molar-refractivity contribution >= 4 is 5.97 Å². The summed E-state index contributed by atoms with van der Waals surface area (Å²) in [6, 6.07) is 7.96. The Labute approximate surface area is 135 Å². The standard InChI is InChI=1S/C20H30O2/c1-3-5-7-8-9-12-16-20(15-6-4-2)18-14-11-10-13-17(18)19(21)22-20/h10-11,13-14H,3-9,12,15-16H2,1-2H3. The smallest absolute Gasteiger partial charge is 0.339 e. The molecule has 0 saturated heterocycles. The summed E-state index contributed by atoms with van der Waals surface area (Å²) in [7, 11) is 0. The molecule has 1 heterocycles. The van der Waals surface area contributed by atoms with Crippen LogP contribution in [-0.2, 0) is 10.3 Å². The minimum atomic E-state index is -0.353. The molecule has 0 spiro atoms. The van der Waals surface area contributed by atoms with Gasteiger partial charge in [0.25, 0.3) is 0 Å². The lowest BCUT2D eigenvalue weighted by atomic mass is 9.83. The van der Waals surface area contributed by atoms with E-state index in [1.165, 1.54) is 32.1 Å². The molecule has 1 unspecified atom stereocenters. The van der Waals surface area contributed by atoms with E-state index in [0.717, 1.165) is 43.2 Å². The Morgan fingerprint density at radius 3 is 2.27 bits per heavy atom. The van der Waals surface area contributed by atoms with Gasteiger partial charge in [0.05, 0.1) is 5.56 Å². The van der Waals surface area contributed by atoms with E-state index < -0.39 is 0 Å². The highest BCUT2D eigenvalue weighted by Gasteiger charge is 2.43. The third kappa shape index (κ3) is 3.91. The Morgan fingerprint density at radius 2 is 1.50 bits per heavy atom. The first-order chi connectivity index (χ1) is 10.7. The van der Waals surface area contributed by atoms with Crippen molar-refractivity contribution in [2.24, 2.45) is 0 Å². The van der Waals surface area contributed by atoms with Crippen molar-refractivity contribution < 1.29 is 9.53 Å². The Hall–Kier alpha value is -1.31. The van der Waals surface area contributed by atoms with Gasteiger partial charge < -0.3 is 4.74 Å². The van der Waals surface area contributed by atoms with Crippen LogP contribution < -0.4 is 0 Å². The second-order valence-corrected chi connectivity index (χ2v) is 6.55. The van der Waals surface area contributed by atoms with Crippen molar-refractivity contribution in [3.63, 3.8) is 0 Å². The minimum Gasteiger partial charge on any atom is -0.451 e. The van der Waals surface area contributed by atoms with Crippen LogP contribution in [0.2, 0.25) is 0 Å². The first-order valence-electron chi connectivity index (χ1n) is 9.06. The third-order valence-corrected chi connectivity index (χ3v) is 4.79. The van der Waals surface area contributed by atoms with E-state index in [4.69, 9.17) is 4.74 Å². The zero-order valence-corrected chi connectivity index (χ0v) is 14.2. The van der Waals surface area contributed by atoms with Crippen molar-refractivity contribution in [3.05, 3.63) is 35.4 Å². The topological polar surface area (TPSA) is 26.3 Å². The molecule has 2 nitrogen and oxygen atoms in total. The first kappa shape index (κ1) is 17.1. The van der Waals surface area contributed by atoms with Crippen molar-refractivity contribution in [1.29, 1.82) is 0 Å². The number of rotatable bonds is 10. The second kappa shape index (κ2) is 8.36. The van der Waals surface area contributed by atoms with E-state index in [0.29, 0.717) is 0 Å². The maximum absolute atomic E-state index is 12.2. The Morgan fingerprint density at radius 1 is 0.864 bits per heavy atom. The monoisotopic (exact) mass is 302 g/mol. The molecule has 0 aliphatic carbocycles. The fourth-order valence-electron chi connectivity index (χ4n) is 3.50. The van der Waals surface area contributed by atoms with Gasteiger partial charge >= 0.3 is 5.97 Å². The highest BCUT2D eigenvalue weighted by Crippen LogP contribution is 2.44. The van der Waals surface area contributed by atoms with Crippen LogP contribution in [0.3, 0.4) is 0 Å². The van der Waals surface area contributed by atoms with Crippen molar-refractivity contribution in [3.8, 4) is 0 Å². The van der Waals surface area contributed by atoms with Crippen LogP contribution in [0.4, 0.5) is 0 Å². The molecule has 1 atom stereocenters. The summed E-state index contributed by atoms with van der Waals surface area (Å²) in [5.41, 5.74) is 1.56. The quantitative estimate of drug-likeness (QED) is 0.392. The third-order valence-electron chi connectivity index (χ3n) is 4.79. The van der Waals surface area contributed by atoms with Crippen LogP contribution in [0.1, 0.15) is 94.0 Å². The zero-order valence-electron chi connectivity index (χ0n) is 14.2. The maximum Gasteiger partial charge on any atom is 0.339 e. The van der Waals surface area contributed by atoms with Gasteiger partial charge in [-0.3, -0.25) is 0 Å². The predicted octanol–water partition coefficient (Wildman–Crippen LogP) is 5.99. The largest absolute Gasteiger partial charge is 0.451 e. The molecule has 0 saturated carbocycles. The number of fused-ring (bicyclic) bond motifs is 1. The molecule has 1 aromatic carbocycles. The molecule has 2 heteroatoms. The molecule has 122 valence electrons. The molecule has 2 rings (SSSR count). The summed E-state index contributed by atoms with van der Waals surface area (Å²) in [4.78, 5) is 12.2. The van der Waals surface area contributed by atoms with E-state index in [-0.39, 0.29) is 11.6 Å². The molecular weight excluding hydrogens is 272 g/mol. The number of carbonyl (C=O) groups is 1. The number of hydrogen-bond acceptors (Lipinski definition) is 2. The normalized spacial score (nSPS) is 20.0. The van der Waals surface area contributed by atoms with Gasteiger partial charge in [0.15, 0.2) is 0 Å². The summed E-state index contributed by atoms with van der Waals surface area (Å²) in [6.45, 7) is 4.44. The fourth-order valence-corrected chi connectivity index (χ4v) is 3.50. The minimum absolute atomic E-state index is 0.127. The van der Waals surface area contributed by atoms with Crippen molar-refractivity contribution in [2.45, 2.75) is 83.7 Å². The zero-order chi connectivity index (χ0) is 15.8. The highest BCUT2D eigenvalue weighted by atomic mass is 16.6. The average Bonchev–Trinajstić information content (AvgIpc) is 2.82. The molecule has 22 heavy (non-hydrogen) atoms. The Bertz CT molecular complexity index is 480. The number of benzene rings is 1. The van der Waals surface area contributed by atoms with Crippen LogP contribution in [0, 0.1) is 0 Å². The molecule has 1 aromatic rings. The van der Waals surface area contributed by atoms with E-state index in [2.05, 4.69) is 19.9 Å². The fraction of sp³-hybridized carbons (Fsp3) is 0.650. The van der Waals surface area contributed by atoms with Gasteiger partial charge in [0.2, 0.25) is 0 Å². The van der Waals surface area contributed by atoms with Crippen LogP contribution in [-0.4, -0.2) is 5.97 Å². The molecule has 0 bridgehead atoms. The van der Waals surface area contributed by atoms with Crippen molar-refractivity contribution in [1.82, 2.24) is 0 Å². The molecule has 1 aliphatic rings. The summed E-state index contributed by atoms with van der Waals surface area (Å²) in [6.07, 6.45) is 11.8. The van der Waals surface area contributed by atoms with E-state index in [9.17, 15) is 4.79 Å². The van der Waals surface area contributed by atoms with Crippen LogP contribution in [0.25, 0.3) is 0 Å². The SMILES string of the molecule is CCCCCCCCC1(CCCC)OC(=O)c2ccccc21. The summed E-state index contributed by atoms with van der Waals surface area (Å²) >= 11 is 0. The van der Waals surface area contributed by atoms with Crippen LogP contribution in [0.5, 0.6) is 0 Å². The van der Waals surface area contributed by atoms with Gasteiger partial charge in [-0.25, -0.2) is 4.79 Å². The molecular formula is C20H30O2. The highest BCUT2D eigenvalue weighted by molar-refractivity contribution is 5.94. The molecule has 0 aromatic heterocycles. The van der Waals surface area contributed by atoms with E-state index in [1.54, 1.807) is 0 Å². The predicted molar refractivity (Wildman–Crippen MR) is 91.1 cm³/mol. The summed E-state index contributed by atoms with van der Waals surface area (Å²) in [5, 5.41) is 0. The van der Waals surface area contributed by atoms with E-state index in [1.807, 2.05) is 18.2 Å². The first-order valence-corrected chi connectivity index (χ1v) is 9.06. The number of unbranched alkanes of at least 4 members (excludes halogenated alkanes) is 6. The second-order valence-electron chi connectivity index (χ2n) is 6.55. The molecule has 0 fully saturated rings. The lowest BCUT2D eigenvalue weighted by Gasteiger charge is -2.29. The Balaban J connectivity index is 2.01. The number of ether oxygens (including phenoxy) is 1. The number of esters is 1. The van der Waals surface area contributed by atoms with Gasteiger partial charge in [-0.05, 0) is 31.7 Å². The van der Waals surface area contributed by atoms with E-state index >= 15 is 0 Å². The van der Waals surface area contributed by atoms with Crippen LogP contribution in [0.15, 0.2) is 24.3 Å². The number of hydrogen-bond donors (Lipinski definition) is 0. The van der Waals surface area contributed by atoms with Gasteiger partial charge in [-0.2, -0.15) is 0 Å². The number of cyclic esters (lactones) is 1. The molecule has 0 radical (unpaired) electrons. The van der Waals surface area contributed by atoms with Crippen molar-refractivity contribution in [2.75, 3.05) is 0 Å². The lowest BCUT2D eigenvalue weighted by molar-refractivity contribution is -0.0200. The molecule has 1 aliphatic heterocycles. The number of carbonyl (C=O) groups excluding carboxylic acids is 1.